The first kappa shape index (κ1) is 22.5. The van der Waals surface area contributed by atoms with Crippen LogP contribution in [0.5, 0.6) is 5.75 Å². The summed E-state index contributed by atoms with van der Waals surface area (Å²) in [7, 11) is -3.22. The number of hydrogen-bond donors (Lipinski definition) is 1. The van der Waals surface area contributed by atoms with E-state index in [-0.39, 0.29) is 10.8 Å². The van der Waals surface area contributed by atoms with Crippen molar-refractivity contribution in [3.63, 3.8) is 0 Å². The van der Waals surface area contributed by atoms with Crippen LogP contribution >= 0.6 is 0 Å². The maximum atomic E-state index is 12.1. The van der Waals surface area contributed by atoms with Crippen molar-refractivity contribution in [3.05, 3.63) is 65.6 Å². The first-order valence-corrected chi connectivity index (χ1v) is 11.8. The first-order valence-electron chi connectivity index (χ1n) is 9.90. The Morgan fingerprint density at radius 1 is 1.13 bits per heavy atom. The number of carbonyl (C=O) groups is 1. The molecule has 0 aliphatic rings. The predicted octanol–water partition coefficient (Wildman–Crippen LogP) is 2.76. The quantitative estimate of drug-likeness (QED) is 0.511. The summed E-state index contributed by atoms with van der Waals surface area (Å²) < 4.78 is 30.2. The highest BCUT2D eigenvalue weighted by Gasteiger charge is 2.08. The summed E-state index contributed by atoms with van der Waals surface area (Å²) in [5, 5.41) is 7.28. The Kier molecular flexibility index (Phi) is 7.06. The van der Waals surface area contributed by atoms with Crippen LogP contribution in [-0.2, 0) is 21.2 Å². The van der Waals surface area contributed by atoms with Gasteiger partial charge in [0.05, 0.1) is 17.2 Å². The molecule has 3 aromatic rings. The zero-order valence-electron chi connectivity index (χ0n) is 17.8. The third-order valence-corrected chi connectivity index (χ3v) is 5.72. The smallest absolute Gasteiger partial charge is 0.220 e. The van der Waals surface area contributed by atoms with Crippen LogP contribution < -0.4 is 10.1 Å². The van der Waals surface area contributed by atoms with Crippen LogP contribution in [0, 0.1) is 13.8 Å². The van der Waals surface area contributed by atoms with Crippen LogP contribution in [0.2, 0.25) is 0 Å². The van der Waals surface area contributed by atoms with Crippen LogP contribution in [0.3, 0.4) is 0 Å². The lowest BCUT2D eigenvalue weighted by Gasteiger charge is -2.08. The van der Waals surface area contributed by atoms with E-state index in [1.54, 1.807) is 23.0 Å². The zero-order valence-corrected chi connectivity index (χ0v) is 18.6. The Hall–Kier alpha value is -3.20. The van der Waals surface area contributed by atoms with Gasteiger partial charge in [-0.05, 0) is 62.2 Å². The molecule has 0 fully saturated rings. The minimum absolute atomic E-state index is 0.0707. The number of ether oxygens (including phenoxy) is 1. The van der Waals surface area contributed by atoms with Crippen LogP contribution in [0.15, 0.2) is 53.6 Å². The molecule has 3 rings (SSSR count). The van der Waals surface area contributed by atoms with Gasteiger partial charge in [-0.25, -0.2) is 18.1 Å². The van der Waals surface area contributed by atoms with Crippen LogP contribution in [-0.4, -0.2) is 42.0 Å². The molecule has 1 amide bonds. The van der Waals surface area contributed by atoms with Crippen molar-refractivity contribution in [3.8, 4) is 11.6 Å². The maximum Gasteiger partial charge on any atom is 0.220 e. The molecular weight excluding hydrogens is 416 g/mol. The molecule has 0 saturated carbocycles. The number of sulfone groups is 1. The molecule has 8 nitrogen and oxygen atoms in total. The third kappa shape index (κ3) is 6.39. The predicted molar refractivity (Wildman–Crippen MR) is 117 cm³/mol. The average molecular weight is 443 g/mol. The van der Waals surface area contributed by atoms with Gasteiger partial charge in [-0.1, -0.05) is 6.07 Å². The number of hydrogen-bond acceptors (Lipinski definition) is 6. The van der Waals surface area contributed by atoms with Gasteiger partial charge in [-0.15, -0.1) is 0 Å². The fraction of sp³-hybridized carbons (Fsp3) is 0.318. The standard InChI is InChI=1S/C22H26N4O4S/c1-16-13-17(2)26(25-16)21-11-6-18(14-23-21)15-24-22(27)5-4-12-30-19-7-9-20(10-8-19)31(3,28)29/h6-11,13-14H,4-5,12,15H2,1-3H3,(H,24,27). The van der Waals surface area contributed by atoms with E-state index in [9.17, 15) is 13.2 Å². The van der Waals surface area contributed by atoms with Crippen molar-refractivity contribution in [1.82, 2.24) is 20.1 Å². The highest BCUT2D eigenvalue weighted by atomic mass is 32.2. The molecule has 0 aliphatic carbocycles. The number of nitrogens with one attached hydrogen (secondary N) is 1. The van der Waals surface area contributed by atoms with Gasteiger partial charge < -0.3 is 10.1 Å². The number of benzene rings is 1. The zero-order chi connectivity index (χ0) is 22.4. The molecule has 0 atom stereocenters. The van der Waals surface area contributed by atoms with Gasteiger partial charge in [-0.2, -0.15) is 5.10 Å². The van der Waals surface area contributed by atoms with Gasteiger partial charge in [0.15, 0.2) is 15.7 Å². The third-order valence-electron chi connectivity index (χ3n) is 4.59. The van der Waals surface area contributed by atoms with Crippen LogP contribution in [0.25, 0.3) is 5.82 Å². The summed E-state index contributed by atoms with van der Waals surface area (Å²) in [6.07, 6.45) is 3.77. The molecule has 164 valence electrons. The van der Waals surface area contributed by atoms with Gasteiger partial charge in [0.1, 0.15) is 5.75 Å². The lowest BCUT2D eigenvalue weighted by molar-refractivity contribution is -0.121. The Labute approximate surface area is 182 Å². The summed E-state index contributed by atoms with van der Waals surface area (Å²) in [6, 6.07) is 12.0. The second kappa shape index (κ2) is 9.74. The lowest BCUT2D eigenvalue weighted by atomic mass is 10.2. The lowest BCUT2D eigenvalue weighted by Crippen LogP contribution is -2.23. The molecule has 0 aliphatic heterocycles. The summed E-state index contributed by atoms with van der Waals surface area (Å²) in [5.74, 6) is 1.24. The Morgan fingerprint density at radius 2 is 1.87 bits per heavy atom. The number of carbonyl (C=O) groups excluding carboxylic acids is 1. The van der Waals surface area contributed by atoms with Gasteiger partial charge in [0.2, 0.25) is 5.91 Å². The number of rotatable bonds is 9. The van der Waals surface area contributed by atoms with E-state index in [1.165, 1.54) is 12.1 Å². The number of amides is 1. The van der Waals surface area contributed by atoms with Crippen LogP contribution in [0.4, 0.5) is 0 Å². The number of aryl methyl sites for hydroxylation is 2. The molecule has 1 N–H and O–H groups in total. The Balaban J connectivity index is 1.39. The summed E-state index contributed by atoms with van der Waals surface area (Å²) in [4.78, 5) is 16.7. The van der Waals surface area contributed by atoms with Crippen molar-refractivity contribution in [2.75, 3.05) is 12.9 Å². The van der Waals surface area contributed by atoms with E-state index in [4.69, 9.17) is 4.74 Å². The first-order chi connectivity index (χ1) is 14.7. The SMILES string of the molecule is Cc1cc(C)n(-c2ccc(CNC(=O)CCCOc3ccc(S(C)(=O)=O)cc3)cn2)n1. The molecule has 0 bridgehead atoms. The normalized spacial score (nSPS) is 11.3. The van der Waals surface area contributed by atoms with Crippen molar-refractivity contribution in [2.24, 2.45) is 0 Å². The second-order valence-electron chi connectivity index (χ2n) is 7.34. The van der Waals surface area contributed by atoms with Gasteiger partial charge >= 0.3 is 0 Å². The molecule has 0 spiro atoms. The minimum Gasteiger partial charge on any atom is -0.494 e. The Morgan fingerprint density at radius 3 is 2.45 bits per heavy atom. The topological polar surface area (TPSA) is 103 Å². The van der Waals surface area contributed by atoms with E-state index < -0.39 is 9.84 Å². The summed E-state index contributed by atoms with van der Waals surface area (Å²) >= 11 is 0. The number of pyridine rings is 1. The van der Waals surface area contributed by atoms with Crippen molar-refractivity contribution in [2.45, 2.75) is 38.1 Å². The van der Waals surface area contributed by atoms with E-state index in [1.807, 2.05) is 32.0 Å². The highest BCUT2D eigenvalue weighted by Crippen LogP contribution is 2.16. The van der Waals surface area contributed by atoms with Gasteiger partial charge in [0.25, 0.3) is 0 Å². The molecule has 0 saturated heterocycles. The highest BCUT2D eigenvalue weighted by molar-refractivity contribution is 7.90. The molecule has 1 aromatic carbocycles. The van der Waals surface area contributed by atoms with Gasteiger partial charge in [-0.3, -0.25) is 4.79 Å². The average Bonchev–Trinajstić information content (AvgIpc) is 3.07. The Bertz CT molecular complexity index is 1140. The van der Waals surface area contributed by atoms with E-state index in [0.29, 0.717) is 31.7 Å². The monoisotopic (exact) mass is 442 g/mol. The van der Waals surface area contributed by atoms with Gasteiger partial charge in [0, 0.05) is 31.1 Å². The molecule has 0 unspecified atom stereocenters. The minimum atomic E-state index is -3.22. The number of aromatic nitrogens is 3. The molecule has 0 radical (unpaired) electrons. The molecule has 2 heterocycles. The molecule has 2 aromatic heterocycles. The summed E-state index contributed by atoms with van der Waals surface area (Å²) in [5.41, 5.74) is 2.85. The number of nitrogens with zero attached hydrogens (tertiary/aromatic N) is 3. The largest absolute Gasteiger partial charge is 0.494 e. The van der Waals surface area contributed by atoms with Crippen molar-refractivity contribution >= 4 is 15.7 Å². The fourth-order valence-corrected chi connectivity index (χ4v) is 3.63. The fourth-order valence-electron chi connectivity index (χ4n) is 3.00. The summed E-state index contributed by atoms with van der Waals surface area (Å²) in [6.45, 7) is 4.68. The van der Waals surface area contributed by atoms with Crippen LogP contribution in [0.1, 0.15) is 29.8 Å². The maximum absolute atomic E-state index is 12.1. The van der Waals surface area contributed by atoms with Crippen molar-refractivity contribution < 1.29 is 17.9 Å². The molecular formula is C22H26N4O4S. The van der Waals surface area contributed by atoms with E-state index in [0.717, 1.165) is 29.0 Å². The van der Waals surface area contributed by atoms with Crippen molar-refractivity contribution in [1.29, 1.82) is 0 Å². The molecule has 31 heavy (non-hydrogen) atoms. The second-order valence-corrected chi connectivity index (χ2v) is 9.35. The molecule has 9 heteroatoms. The van der Waals surface area contributed by atoms with E-state index >= 15 is 0 Å². The van der Waals surface area contributed by atoms with E-state index in [2.05, 4.69) is 15.4 Å².